The lowest BCUT2D eigenvalue weighted by Gasteiger charge is -2.24. The number of benzene rings is 2. The maximum atomic E-state index is 13.8. The zero-order valence-corrected chi connectivity index (χ0v) is 16.8. The van der Waals surface area contributed by atoms with Crippen molar-refractivity contribution < 1.29 is 26.3 Å². The van der Waals surface area contributed by atoms with Gasteiger partial charge in [-0.2, -0.15) is 26.3 Å². The summed E-state index contributed by atoms with van der Waals surface area (Å²) in [6, 6.07) is 5.70. The number of rotatable bonds is 4. The molecule has 2 rings (SSSR count). The minimum Gasteiger partial charge on any atom is -0.166 e. The van der Waals surface area contributed by atoms with Gasteiger partial charge in [-0.05, 0) is 59.2 Å². The lowest BCUT2D eigenvalue weighted by Crippen LogP contribution is -2.17. The first-order chi connectivity index (χ1) is 12.7. The highest BCUT2D eigenvalue weighted by atomic mass is 35.5. The molecule has 0 aliphatic carbocycles. The van der Waals surface area contributed by atoms with Crippen molar-refractivity contribution in [3.05, 3.63) is 68.2 Å². The minimum absolute atomic E-state index is 0.0162. The zero-order valence-electron chi connectivity index (χ0n) is 15.3. The van der Waals surface area contributed by atoms with Gasteiger partial charge in [0.1, 0.15) is 0 Å². The van der Waals surface area contributed by atoms with Crippen molar-refractivity contribution in [2.45, 2.75) is 51.4 Å². The van der Waals surface area contributed by atoms with E-state index in [4.69, 9.17) is 23.2 Å². The van der Waals surface area contributed by atoms with Crippen LogP contribution in [-0.2, 0) is 18.8 Å². The van der Waals surface area contributed by atoms with E-state index in [-0.39, 0.29) is 33.2 Å². The van der Waals surface area contributed by atoms with E-state index in [1.165, 1.54) is 19.1 Å². The largest absolute Gasteiger partial charge is 0.417 e. The predicted molar refractivity (Wildman–Crippen MR) is 99.1 cm³/mol. The monoisotopic (exact) mass is 442 g/mol. The highest BCUT2D eigenvalue weighted by Gasteiger charge is 2.39. The van der Waals surface area contributed by atoms with Crippen molar-refractivity contribution >= 4 is 23.2 Å². The highest BCUT2D eigenvalue weighted by Crippen LogP contribution is 2.43. The molecule has 28 heavy (non-hydrogen) atoms. The van der Waals surface area contributed by atoms with E-state index in [2.05, 4.69) is 0 Å². The van der Waals surface area contributed by atoms with Crippen LogP contribution in [0.3, 0.4) is 0 Å². The van der Waals surface area contributed by atoms with Crippen LogP contribution >= 0.6 is 23.2 Å². The van der Waals surface area contributed by atoms with Crippen molar-refractivity contribution in [2.75, 3.05) is 0 Å². The molecule has 0 nitrogen and oxygen atoms in total. The molecule has 0 bridgehead atoms. The average Bonchev–Trinajstić information content (AvgIpc) is 2.53. The maximum Gasteiger partial charge on any atom is 0.417 e. The molecule has 0 aromatic heterocycles. The van der Waals surface area contributed by atoms with Crippen LogP contribution < -0.4 is 0 Å². The molecule has 0 aliphatic heterocycles. The molecule has 0 radical (unpaired) electrons. The number of hydrogen-bond donors (Lipinski definition) is 0. The molecule has 0 aliphatic rings. The van der Waals surface area contributed by atoms with Crippen molar-refractivity contribution in [1.82, 2.24) is 0 Å². The molecule has 0 amide bonds. The van der Waals surface area contributed by atoms with Gasteiger partial charge >= 0.3 is 12.4 Å². The van der Waals surface area contributed by atoms with E-state index in [0.717, 1.165) is 18.2 Å². The van der Waals surface area contributed by atoms with Crippen molar-refractivity contribution in [3.8, 4) is 0 Å². The maximum absolute atomic E-state index is 13.8. The molecule has 2 aromatic carbocycles. The molecule has 0 heterocycles. The molecule has 0 spiro atoms. The lowest BCUT2D eigenvalue weighted by atomic mass is 9.85. The fraction of sp³-hybridized carbons (Fsp3) is 0.400. The van der Waals surface area contributed by atoms with Crippen molar-refractivity contribution in [1.29, 1.82) is 0 Å². The Balaban J connectivity index is 2.59. The summed E-state index contributed by atoms with van der Waals surface area (Å²) in [4.78, 5) is 0. The summed E-state index contributed by atoms with van der Waals surface area (Å²) in [5, 5.41) is 0.0716. The minimum atomic E-state index is -4.68. The van der Waals surface area contributed by atoms with Crippen LogP contribution in [0.5, 0.6) is 0 Å². The van der Waals surface area contributed by atoms with Crippen LogP contribution in [0.15, 0.2) is 30.3 Å². The molecular weight excluding hydrogens is 425 g/mol. The Kier molecular flexibility index (Phi) is 6.66. The van der Waals surface area contributed by atoms with E-state index in [0.29, 0.717) is 0 Å². The van der Waals surface area contributed by atoms with Crippen LogP contribution in [0.1, 0.15) is 60.4 Å². The third kappa shape index (κ3) is 4.95. The Morgan fingerprint density at radius 1 is 0.857 bits per heavy atom. The Hall–Kier alpha value is -1.40. The van der Waals surface area contributed by atoms with Gasteiger partial charge in [0.25, 0.3) is 0 Å². The number of alkyl halides is 6. The first kappa shape index (κ1) is 22.9. The van der Waals surface area contributed by atoms with Gasteiger partial charge in [-0.25, -0.2) is 0 Å². The van der Waals surface area contributed by atoms with Crippen LogP contribution in [0, 0.1) is 0 Å². The molecule has 8 heteroatoms. The van der Waals surface area contributed by atoms with Gasteiger partial charge in [0.05, 0.1) is 11.1 Å². The third-order valence-corrected chi connectivity index (χ3v) is 5.08. The molecule has 1 atom stereocenters. The Morgan fingerprint density at radius 2 is 1.46 bits per heavy atom. The first-order valence-corrected chi connectivity index (χ1v) is 9.24. The molecule has 2 aromatic rings. The van der Waals surface area contributed by atoms with Gasteiger partial charge in [-0.1, -0.05) is 50.0 Å². The van der Waals surface area contributed by atoms with Gasteiger partial charge < -0.3 is 0 Å². The van der Waals surface area contributed by atoms with Gasteiger partial charge in [-0.3, -0.25) is 0 Å². The SMILES string of the molecule is CC(C)c1c(Cl)ccc(CC(C)c2cc(Cl)ccc2C(F)(F)F)c1C(F)(F)F. The Bertz CT molecular complexity index is 853. The second kappa shape index (κ2) is 8.15. The molecule has 1 unspecified atom stereocenters. The van der Waals surface area contributed by atoms with E-state index >= 15 is 0 Å². The number of hydrogen-bond acceptors (Lipinski definition) is 0. The molecular formula is C20H18Cl2F6. The fourth-order valence-electron chi connectivity index (χ4n) is 3.35. The Labute approximate surface area is 169 Å². The number of halogens is 8. The standard InChI is InChI=1S/C20H18Cl2F6/c1-10(2)17-16(22)7-4-12(18(17)20(26,27)28)8-11(3)14-9-13(21)5-6-15(14)19(23,24)25/h4-7,9-11H,8H2,1-3H3. The van der Waals surface area contributed by atoms with Crippen molar-refractivity contribution in [3.63, 3.8) is 0 Å². The second-order valence-corrected chi connectivity index (χ2v) is 7.83. The predicted octanol–water partition coefficient (Wildman–Crippen LogP) is 8.50. The second-order valence-electron chi connectivity index (χ2n) is 6.98. The van der Waals surface area contributed by atoms with Crippen LogP contribution in [0.25, 0.3) is 0 Å². The van der Waals surface area contributed by atoms with Crippen LogP contribution in [0.4, 0.5) is 26.3 Å². The molecule has 154 valence electrons. The lowest BCUT2D eigenvalue weighted by molar-refractivity contribution is -0.140. The molecule has 0 N–H and O–H groups in total. The summed E-state index contributed by atoms with van der Waals surface area (Å²) in [6.07, 6.45) is -9.56. The summed E-state index contributed by atoms with van der Waals surface area (Å²) in [7, 11) is 0. The summed E-state index contributed by atoms with van der Waals surface area (Å²) in [6.45, 7) is 4.62. The van der Waals surface area contributed by atoms with E-state index < -0.39 is 35.3 Å². The average molecular weight is 443 g/mol. The van der Waals surface area contributed by atoms with Gasteiger partial charge in [0.15, 0.2) is 0 Å². The van der Waals surface area contributed by atoms with Gasteiger partial charge in [-0.15, -0.1) is 0 Å². The summed E-state index contributed by atoms with van der Waals surface area (Å²) in [5.41, 5.74) is -2.08. The van der Waals surface area contributed by atoms with Crippen LogP contribution in [0.2, 0.25) is 10.0 Å². The summed E-state index contributed by atoms with van der Waals surface area (Å²) < 4.78 is 81.3. The fourth-order valence-corrected chi connectivity index (χ4v) is 3.90. The van der Waals surface area contributed by atoms with E-state index in [1.54, 1.807) is 13.8 Å². The van der Waals surface area contributed by atoms with Gasteiger partial charge in [0.2, 0.25) is 0 Å². The first-order valence-electron chi connectivity index (χ1n) is 8.48. The van der Waals surface area contributed by atoms with Crippen LogP contribution in [-0.4, -0.2) is 0 Å². The quantitative estimate of drug-likeness (QED) is 0.416. The third-order valence-electron chi connectivity index (χ3n) is 4.52. The van der Waals surface area contributed by atoms with E-state index in [1.807, 2.05) is 0 Å². The van der Waals surface area contributed by atoms with Gasteiger partial charge in [0, 0.05) is 10.0 Å². The summed E-state index contributed by atoms with van der Waals surface area (Å²) >= 11 is 11.8. The summed E-state index contributed by atoms with van der Waals surface area (Å²) in [5.74, 6) is -1.35. The van der Waals surface area contributed by atoms with E-state index in [9.17, 15) is 26.3 Å². The highest BCUT2D eigenvalue weighted by molar-refractivity contribution is 6.31. The molecule has 0 saturated carbocycles. The normalized spacial score (nSPS) is 13.9. The zero-order chi connectivity index (χ0) is 21.4. The smallest absolute Gasteiger partial charge is 0.166 e. The Morgan fingerprint density at radius 3 is 1.96 bits per heavy atom. The molecule has 0 saturated heterocycles. The van der Waals surface area contributed by atoms with Crippen molar-refractivity contribution in [2.24, 2.45) is 0 Å². The molecule has 0 fully saturated rings. The topological polar surface area (TPSA) is 0 Å².